The molecule has 0 amide bonds. The summed E-state index contributed by atoms with van der Waals surface area (Å²) in [4.78, 5) is 5.05. The van der Waals surface area contributed by atoms with Gasteiger partial charge in [0.1, 0.15) is 0 Å². The molecule has 8 rings (SSSR count). The second-order valence-electron chi connectivity index (χ2n) is 10.1. The lowest BCUT2D eigenvalue weighted by atomic mass is 9.82. The number of benzene rings is 5. The molecular formula is C32H22N2S. The maximum Gasteiger partial charge on any atom is 0.195 e. The summed E-state index contributed by atoms with van der Waals surface area (Å²) in [6.45, 7) is 4.73. The molecule has 0 saturated heterocycles. The van der Waals surface area contributed by atoms with Crippen molar-refractivity contribution in [2.75, 3.05) is 0 Å². The molecule has 0 aliphatic heterocycles. The zero-order valence-electron chi connectivity index (χ0n) is 19.5. The fourth-order valence-corrected chi connectivity index (χ4v) is 7.12. The molecule has 166 valence electrons. The van der Waals surface area contributed by atoms with E-state index in [1.807, 2.05) is 0 Å². The van der Waals surface area contributed by atoms with E-state index in [2.05, 4.69) is 115 Å². The van der Waals surface area contributed by atoms with Crippen LogP contribution in [-0.4, -0.2) is 9.55 Å². The maximum absolute atomic E-state index is 5.05. The normalized spacial score (nSPS) is 14.2. The van der Waals surface area contributed by atoms with Crippen LogP contribution >= 0.6 is 11.3 Å². The molecule has 0 fully saturated rings. The minimum absolute atomic E-state index is 0.0717. The molecule has 2 aromatic heterocycles. The van der Waals surface area contributed by atoms with Crippen molar-refractivity contribution < 1.29 is 0 Å². The molecule has 0 N–H and O–H groups in total. The van der Waals surface area contributed by atoms with Crippen molar-refractivity contribution in [1.29, 1.82) is 0 Å². The number of hydrogen-bond donors (Lipinski definition) is 0. The van der Waals surface area contributed by atoms with Crippen molar-refractivity contribution in [3.63, 3.8) is 0 Å². The van der Waals surface area contributed by atoms with E-state index in [0.717, 1.165) is 10.6 Å². The van der Waals surface area contributed by atoms with Crippen LogP contribution in [0.4, 0.5) is 0 Å². The Morgan fingerprint density at radius 3 is 2.34 bits per heavy atom. The van der Waals surface area contributed by atoms with Crippen molar-refractivity contribution in [3.8, 4) is 16.3 Å². The average molecular weight is 467 g/mol. The summed E-state index contributed by atoms with van der Waals surface area (Å²) in [5, 5.41) is 6.22. The lowest BCUT2D eigenvalue weighted by Gasteiger charge is -2.22. The molecule has 5 aromatic carbocycles. The molecule has 7 aromatic rings. The lowest BCUT2D eigenvalue weighted by Crippen LogP contribution is -2.15. The highest BCUT2D eigenvalue weighted by Crippen LogP contribution is 2.53. The summed E-state index contributed by atoms with van der Waals surface area (Å²) in [5.41, 5.74) is 8.98. The Bertz CT molecular complexity index is 1950. The Kier molecular flexibility index (Phi) is 3.64. The minimum Gasteiger partial charge on any atom is -0.285 e. The van der Waals surface area contributed by atoms with E-state index in [9.17, 15) is 0 Å². The third-order valence-corrected chi connectivity index (χ3v) is 8.85. The van der Waals surface area contributed by atoms with Gasteiger partial charge in [-0.25, -0.2) is 4.98 Å². The molecule has 0 unspecified atom stereocenters. The fourth-order valence-electron chi connectivity index (χ4n) is 6.13. The lowest BCUT2D eigenvalue weighted by molar-refractivity contribution is 0.661. The smallest absolute Gasteiger partial charge is 0.195 e. The topological polar surface area (TPSA) is 17.8 Å². The average Bonchev–Trinajstić information content (AvgIpc) is 3.51. The Hall–Kier alpha value is -3.95. The summed E-state index contributed by atoms with van der Waals surface area (Å²) in [5.74, 6) is 0. The standard InChI is InChI=1S/C32H22N2S/c1-32(2)24-16-15-19-9-3-4-10-20(19)30(24)23-17-22-21-11-5-7-13-27(21)34(28(22)18-25(23)32)31-33-26-12-6-8-14-29(26)35-31/h3-18H,1-2H3. The van der Waals surface area contributed by atoms with Crippen molar-refractivity contribution in [3.05, 3.63) is 108 Å². The van der Waals surface area contributed by atoms with Gasteiger partial charge in [0.15, 0.2) is 5.13 Å². The largest absolute Gasteiger partial charge is 0.285 e. The van der Waals surface area contributed by atoms with E-state index in [-0.39, 0.29) is 5.41 Å². The van der Waals surface area contributed by atoms with Gasteiger partial charge in [-0.2, -0.15) is 0 Å². The van der Waals surface area contributed by atoms with Crippen LogP contribution in [0.2, 0.25) is 0 Å². The molecular weight excluding hydrogens is 444 g/mol. The van der Waals surface area contributed by atoms with Gasteiger partial charge in [0.2, 0.25) is 0 Å². The Morgan fingerprint density at radius 2 is 1.46 bits per heavy atom. The molecule has 0 atom stereocenters. The monoisotopic (exact) mass is 466 g/mol. The van der Waals surface area contributed by atoms with Gasteiger partial charge in [0, 0.05) is 16.2 Å². The van der Waals surface area contributed by atoms with Gasteiger partial charge in [-0.1, -0.05) is 91.9 Å². The summed E-state index contributed by atoms with van der Waals surface area (Å²) >= 11 is 1.76. The van der Waals surface area contributed by atoms with Gasteiger partial charge in [0.05, 0.1) is 21.3 Å². The Balaban J connectivity index is 1.52. The number of nitrogens with zero attached hydrogens (tertiary/aromatic N) is 2. The third-order valence-electron chi connectivity index (χ3n) is 7.83. The van der Waals surface area contributed by atoms with Crippen LogP contribution < -0.4 is 0 Å². The van der Waals surface area contributed by atoms with Crippen LogP contribution in [-0.2, 0) is 5.41 Å². The zero-order chi connectivity index (χ0) is 23.3. The van der Waals surface area contributed by atoms with Crippen molar-refractivity contribution in [2.24, 2.45) is 0 Å². The highest BCUT2D eigenvalue weighted by Gasteiger charge is 2.37. The molecule has 0 spiro atoms. The number of hydrogen-bond acceptors (Lipinski definition) is 2. The first kappa shape index (κ1) is 19.4. The minimum atomic E-state index is -0.0717. The van der Waals surface area contributed by atoms with Crippen LogP contribution in [0.15, 0.2) is 97.1 Å². The molecule has 0 saturated carbocycles. The second-order valence-corrected chi connectivity index (χ2v) is 11.1. The predicted octanol–water partition coefficient (Wildman–Crippen LogP) is 8.85. The first-order valence-corrected chi connectivity index (χ1v) is 12.9. The number of aromatic nitrogens is 2. The quantitative estimate of drug-likeness (QED) is 0.236. The van der Waals surface area contributed by atoms with Crippen LogP contribution in [0.25, 0.3) is 59.1 Å². The highest BCUT2D eigenvalue weighted by molar-refractivity contribution is 7.20. The van der Waals surface area contributed by atoms with Gasteiger partial charge in [-0.3, -0.25) is 4.57 Å². The molecule has 2 nitrogen and oxygen atoms in total. The predicted molar refractivity (Wildman–Crippen MR) is 149 cm³/mol. The summed E-state index contributed by atoms with van der Waals surface area (Å²) in [6.07, 6.45) is 0. The molecule has 0 radical (unpaired) electrons. The van der Waals surface area contributed by atoms with Gasteiger partial charge in [-0.15, -0.1) is 0 Å². The molecule has 35 heavy (non-hydrogen) atoms. The molecule has 3 heteroatoms. The van der Waals surface area contributed by atoms with Gasteiger partial charge < -0.3 is 0 Å². The molecule has 2 heterocycles. The number of para-hydroxylation sites is 2. The molecule has 1 aliphatic carbocycles. The number of thiazole rings is 1. The van der Waals surface area contributed by atoms with Crippen molar-refractivity contribution in [1.82, 2.24) is 9.55 Å². The number of fused-ring (bicyclic) bond motifs is 9. The van der Waals surface area contributed by atoms with E-state index in [1.165, 1.54) is 59.5 Å². The van der Waals surface area contributed by atoms with Crippen LogP contribution in [0.1, 0.15) is 25.0 Å². The van der Waals surface area contributed by atoms with Crippen molar-refractivity contribution >= 4 is 54.1 Å². The van der Waals surface area contributed by atoms with Gasteiger partial charge in [-0.05, 0) is 63.4 Å². The van der Waals surface area contributed by atoms with E-state index in [1.54, 1.807) is 11.3 Å². The summed E-state index contributed by atoms with van der Waals surface area (Å²) < 4.78 is 3.58. The van der Waals surface area contributed by atoms with E-state index in [0.29, 0.717) is 0 Å². The summed E-state index contributed by atoms with van der Waals surface area (Å²) in [6, 6.07) is 35.4. The van der Waals surface area contributed by atoms with Crippen LogP contribution in [0, 0.1) is 0 Å². The molecule has 0 bridgehead atoms. The van der Waals surface area contributed by atoms with E-state index >= 15 is 0 Å². The number of rotatable bonds is 1. The maximum atomic E-state index is 5.05. The highest BCUT2D eigenvalue weighted by atomic mass is 32.1. The summed E-state index contributed by atoms with van der Waals surface area (Å²) in [7, 11) is 0. The van der Waals surface area contributed by atoms with Crippen LogP contribution in [0.3, 0.4) is 0 Å². The van der Waals surface area contributed by atoms with Crippen LogP contribution in [0.5, 0.6) is 0 Å². The van der Waals surface area contributed by atoms with E-state index < -0.39 is 0 Å². The third kappa shape index (κ3) is 2.46. The van der Waals surface area contributed by atoms with Gasteiger partial charge in [0.25, 0.3) is 0 Å². The Morgan fingerprint density at radius 1 is 0.686 bits per heavy atom. The molecule has 1 aliphatic rings. The fraction of sp³-hybridized carbons (Fsp3) is 0.0938. The van der Waals surface area contributed by atoms with Crippen molar-refractivity contribution in [2.45, 2.75) is 19.3 Å². The zero-order valence-corrected chi connectivity index (χ0v) is 20.4. The SMILES string of the molecule is CC1(C)c2cc3c(cc2-c2c1ccc1ccccc21)c1ccccc1n3-c1nc2ccccc2s1. The van der Waals surface area contributed by atoms with Gasteiger partial charge >= 0.3 is 0 Å². The van der Waals surface area contributed by atoms with E-state index in [4.69, 9.17) is 4.98 Å². The second kappa shape index (κ2) is 6.59. The first-order chi connectivity index (χ1) is 17.1. The Labute approximate surface area is 207 Å². The first-order valence-electron chi connectivity index (χ1n) is 12.1.